The maximum Gasteiger partial charge on any atom is 0.271 e. The van der Waals surface area contributed by atoms with Crippen LogP contribution < -0.4 is 0 Å². The fraction of sp³-hybridized carbons (Fsp3) is 0.115. The smallest absolute Gasteiger partial charge is 0.271 e. The molecule has 0 saturated carbocycles. The van der Waals surface area contributed by atoms with Gasteiger partial charge in [0.05, 0.1) is 6.54 Å². The molecule has 0 N–H and O–H groups in total. The molecule has 0 saturated heterocycles. The third-order valence-corrected chi connectivity index (χ3v) is 5.86. The number of furan rings is 1. The van der Waals surface area contributed by atoms with Crippen molar-refractivity contribution >= 4 is 33.8 Å². The zero-order valence-corrected chi connectivity index (χ0v) is 19.1. The monoisotopic (exact) mass is 486 g/mol. The summed E-state index contributed by atoms with van der Waals surface area (Å²) in [6.07, 6.45) is 1.59. The van der Waals surface area contributed by atoms with Gasteiger partial charge in [0.1, 0.15) is 23.2 Å². The van der Waals surface area contributed by atoms with Crippen LogP contribution in [-0.2, 0) is 16.1 Å². The molecule has 0 fully saturated rings. The number of nitrogens with zero attached hydrogens (tertiary/aromatic N) is 2. The Balaban J connectivity index is 1.70. The van der Waals surface area contributed by atoms with Crippen molar-refractivity contribution < 1.29 is 14.0 Å². The van der Waals surface area contributed by atoms with Gasteiger partial charge in [-0.15, -0.1) is 0 Å². The topological polar surface area (TPSA) is 74.3 Å². The molecule has 0 radical (unpaired) electrons. The second-order valence-corrected chi connectivity index (χ2v) is 8.48. The van der Waals surface area contributed by atoms with Gasteiger partial charge < -0.3 is 4.42 Å². The molecule has 2 amide bonds. The highest BCUT2D eigenvalue weighted by Crippen LogP contribution is 2.30. The fourth-order valence-corrected chi connectivity index (χ4v) is 3.76. The predicted octanol–water partition coefficient (Wildman–Crippen LogP) is 5.81. The molecule has 0 aliphatic carbocycles. The van der Waals surface area contributed by atoms with Crippen molar-refractivity contribution in [3.63, 3.8) is 0 Å². The van der Waals surface area contributed by atoms with Gasteiger partial charge in [-0.05, 0) is 55.3 Å². The summed E-state index contributed by atoms with van der Waals surface area (Å²) >= 11 is 3.41. The number of benzene rings is 2. The minimum atomic E-state index is -0.581. The van der Waals surface area contributed by atoms with Crippen LogP contribution in [0.1, 0.15) is 23.8 Å². The van der Waals surface area contributed by atoms with Crippen LogP contribution in [0.3, 0.4) is 0 Å². The molecular weight excluding hydrogens is 468 g/mol. The minimum absolute atomic E-state index is 0.0392. The number of hydrogen-bond donors (Lipinski definition) is 0. The van der Waals surface area contributed by atoms with Crippen LogP contribution in [0.25, 0.3) is 17.4 Å². The second kappa shape index (κ2) is 8.81. The van der Waals surface area contributed by atoms with Crippen molar-refractivity contribution in [1.29, 1.82) is 5.26 Å². The van der Waals surface area contributed by atoms with Gasteiger partial charge in [0.15, 0.2) is 0 Å². The number of rotatable bonds is 4. The molecule has 32 heavy (non-hydrogen) atoms. The van der Waals surface area contributed by atoms with Crippen LogP contribution in [-0.4, -0.2) is 16.7 Å². The molecule has 5 nitrogen and oxygen atoms in total. The predicted molar refractivity (Wildman–Crippen MR) is 125 cm³/mol. The molecule has 0 spiro atoms. The normalized spacial score (nSPS) is 15.4. The van der Waals surface area contributed by atoms with E-state index in [0.717, 1.165) is 26.1 Å². The average Bonchev–Trinajstić information content (AvgIpc) is 3.25. The summed E-state index contributed by atoms with van der Waals surface area (Å²) < 4.78 is 6.88. The largest absolute Gasteiger partial charge is 0.457 e. The Morgan fingerprint density at radius 2 is 1.66 bits per heavy atom. The van der Waals surface area contributed by atoms with Crippen LogP contribution in [0, 0.1) is 18.3 Å². The van der Waals surface area contributed by atoms with Crippen molar-refractivity contribution in [2.24, 2.45) is 0 Å². The van der Waals surface area contributed by atoms with E-state index in [9.17, 15) is 14.9 Å². The molecule has 2 heterocycles. The number of aryl methyl sites for hydroxylation is 1. The lowest BCUT2D eigenvalue weighted by molar-refractivity contribution is -0.141. The van der Waals surface area contributed by atoms with Gasteiger partial charge in [-0.3, -0.25) is 14.5 Å². The lowest BCUT2D eigenvalue weighted by Crippen LogP contribution is -2.42. The van der Waals surface area contributed by atoms with Gasteiger partial charge in [0.2, 0.25) is 0 Å². The number of nitriles is 1. The van der Waals surface area contributed by atoms with Crippen molar-refractivity contribution in [2.45, 2.75) is 20.4 Å². The standard InChI is InChI=1S/C26H19BrN2O3/c1-16-3-5-18(6-4-16)15-29-25(30)22(17(2)23(14-28)26(29)31)13-21-11-12-24(32-21)19-7-9-20(27)10-8-19/h3-13H,15H2,1-2H3/b22-13+. The molecule has 1 aliphatic heterocycles. The second-order valence-electron chi connectivity index (χ2n) is 7.56. The molecule has 0 atom stereocenters. The van der Waals surface area contributed by atoms with E-state index in [-0.39, 0.29) is 17.7 Å². The van der Waals surface area contributed by atoms with E-state index in [1.165, 1.54) is 0 Å². The van der Waals surface area contributed by atoms with Crippen LogP contribution in [0.4, 0.5) is 0 Å². The summed E-state index contributed by atoms with van der Waals surface area (Å²) in [5.74, 6) is 0.0891. The summed E-state index contributed by atoms with van der Waals surface area (Å²) in [5, 5.41) is 9.58. The van der Waals surface area contributed by atoms with Crippen LogP contribution in [0.15, 0.2) is 86.3 Å². The van der Waals surface area contributed by atoms with Gasteiger partial charge in [0.25, 0.3) is 11.8 Å². The molecule has 1 aromatic heterocycles. The van der Waals surface area contributed by atoms with E-state index in [0.29, 0.717) is 17.1 Å². The van der Waals surface area contributed by atoms with Crippen molar-refractivity contribution in [2.75, 3.05) is 0 Å². The van der Waals surface area contributed by atoms with E-state index in [2.05, 4.69) is 15.9 Å². The van der Waals surface area contributed by atoms with Crippen molar-refractivity contribution in [3.05, 3.63) is 98.7 Å². The Kier molecular flexibility index (Phi) is 5.93. The molecule has 2 aromatic carbocycles. The molecule has 0 unspecified atom stereocenters. The lowest BCUT2D eigenvalue weighted by Gasteiger charge is -2.27. The van der Waals surface area contributed by atoms with Gasteiger partial charge in [0, 0.05) is 15.6 Å². The van der Waals surface area contributed by atoms with Gasteiger partial charge in [-0.25, -0.2) is 0 Å². The molecule has 3 aromatic rings. The number of carbonyl (C=O) groups excluding carboxylic acids is 2. The Morgan fingerprint density at radius 3 is 2.31 bits per heavy atom. The third kappa shape index (κ3) is 4.20. The zero-order valence-electron chi connectivity index (χ0n) is 17.6. The Hall–Kier alpha value is -3.69. The Bertz CT molecular complexity index is 1310. The average molecular weight is 487 g/mol. The van der Waals surface area contributed by atoms with Gasteiger partial charge in [-0.1, -0.05) is 57.9 Å². The Labute approximate surface area is 194 Å². The van der Waals surface area contributed by atoms with Gasteiger partial charge >= 0.3 is 0 Å². The van der Waals surface area contributed by atoms with Crippen LogP contribution >= 0.6 is 15.9 Å². The molecule has 158 valence electrons. The number of carbonyl (C=O) groups is 2. The first-order valence-corrected chi connectivity index (χ1v) is 10.8. The minimum Gasteiger partial charge on any atom is -0.457 e. The highest BCUT2D eigenvalue weighted by molar-refractivity contribution is 9.10. The molecule has 1 aliphatic rings. The van der Waals surface area contributed by atoms with Gasteiger partial charge in [-0.2, -0.15) is 5.26 Å². The van der Waals surface area contributed by atoms with E-state index in [4.69, 9.17) is 4.42 Å². The van der Waals surface area contributed by atoms with E-state index >= 15 is 0 Å². The van der Waals surface area contributed by atoms with Crippen LogP contribution in [0.2, 0.25) is 0 Å². The third-order valence-electron chi connectivity index (χ3n) is 5.33. The Morgan fingerprint density at radius 1 is 0.969 bits per heavy atom. The molecule has 0 bridgehead atoms. The fourth-order valence-electron chi connectivity index (χ4n) is 3.49. The number of halogens is 1. The summed E-state index contributed by atoms with van der Waals surface area (Å²) in [6, 6.07) is 20.8. The van der Waals surface area contributed by atoms with Crippen molar-refractivity contribution in [1.82, 2.24) is 4.90 Å². The highest BCUT2D eigenvalue weighted by atomic mass is 79.9. The molecular formula is C26H19BrN2O3. The number of amides is 2. The SMILES string of the molecule is CC1=C(C#N)C(=O)N(Cc2ccc(C)cc2)C(=O)/C1=C/c1ccc(-c2ccc(Br)cc2)o1. The molecule has 6 heteroatoms. The van der Waals surface area contributed by atoms with E-state index in [1.807, 2.05) is 67.6 Å². The zero-order chi connectivity index (χ0) is 22.8. The van der Waals surface area contributed by atoms with Crippen molar-refractivity contribution in [3.8, 4) is 17.4 Å². The lowest BCUT2D eigenvalue weighted by atomic mass is 9.94. The number of hydrogen-bond acceptors (Lipinski definition) is 4. The molecule has 4 rings (SSSR count). The summed E-state index contributed by atoms with van der Waals surface area (Å²) in [4.78, 5) is 27.2. The highest BCUT2D eigenvalue weighted by Gasteiger charge is 2.35. The van der Waals surface area contributed by atoms with Crippen LogP contribution in [0.5, 0.6) is 0 Å². The summed E-state index contributed by atoms with van der Waals surface area (Å²) in [6.45, 7) is 3.67. The number of imide groups is 1. The first-order chi connectivity index (χ1) is 15.4. The summed E-state index contributed by atoms with van der Waals surface area (Å²) in [5.41, 5.74) is 3.37. The maximum absolute atomic E-state index is 13.2. The quantitative estimate of drug-likeness (QED) is 0.344. The van der Waals surface area contributed by atoms with E-state index in [1.54, 1.807) is 19.1 Å². The first kappa shape index (κ1) is 21.5. The summed E-state index contributed by atoms with van der Waals surface area (Å²) in [7, 11) is 0. The maximum atomic E-state index is 13.2. The van der Waals surface area contributed by atoms with E-state index < -0.39 is 11.8 Å². The first-order valence-electron chi connectivity index (χ1n) is 9.98.